The molecule has 28 heavy (non-hydrogen) atoms. The Hall–Kier alpha value is -3.68. The number of amides is 1. The fraction of sp³-hybridized carbons (Fsp3) is 0.200. The molecule has 4 rings (SSSR count). The zero-order chi connectivity index (χ0) is 19.5. The summed E-state index contributed by atoms with van der Waals surface area (Å²) in [5.41, 5.74) is 2.16. The van der Waals surface area contributed by atoms with Gasteiger partial charge in [0.05, 0.1) is 14.2 Å². The Labute approximate surface area is 160 Å². The molecule has 2 aromatic carbocycles. The van der Waals surface area contributed by atoms with Gasteiger partial charge in [-0.3, -0.25) is 4.79 Å². The maximum absolute atomic E-state index is 12.4. The highest BCUT2D eigenvalue weighted by molar-refractivity contribution is 5.92. The van der Waals surface area contributed by atoms with E-state index >= 15 is 0 Å². The van der Waals surface area contributed by atoms with E-state index in [1.54, 1.807) is 32.4 Å². The van der Waals surface area contributed by atoms with Gasteiger partial charge >= 0.3 is 0 Å². The van der Waals surface area contributed by atoms with Crippen molar-refractivity contribution in [2.45, 2.75) is 6.54 Å². The molecule has 0 aliphatic carbocycles. The first kappa shape index (κ1) is 17.7. The van der Waals surface area contributed by atoms with E-state index in [9.17, 15) is 4.79 Å². The average Bonchev–Trinajstić information content (AvgIpc) is 3.40. The van der Waals surface area contributed by atoms with Crippen molar-refractivity contribution in [1.82, 2.24) is 10.5 Å². The third-order valence-corrected chi connectivity index (χ3v) is 4.30. The van der Waals surface area contributed by atoms with Crippen LogP contribution >= 0.6 is 0 Å². The first-order valence-corrected chi connectivity index (χ1v) is 8.54. The van der Waals surface area contributed by atoms with E-state index in [-0.39, 0.29) is 18.5 Å². The standard InChI is InChI=1S/C20H18N2O6/c1-24-15-6-4-13(8-17(15)25-2)14-9-19(28-22-14)20(23)21-10-12-3-5-16-18(7-12)27-11-26-16/h3-9H,10-11H2,1-2H3,(H,21,23). The maximum Gasteiger partial charge on any atom is 0.290 e. The second-order valence-electron chi connectivity index (χ2n) is 6.02. The summed E-state index contributed by atoms with van der Waals surface area (Å²) < 4.78 is 26.3. The van der Waals surface area contributed by atoms with Gasteiger partial charge in [-0.15, -0.1) is 0 Å². The van der Waals surface area contributed by atoms with Gasteiger partial charge in [0.15, 0.2) is 23.0 Å². The summed E-state index contributed by atoms with van der Waals surface area (Å²) in [5.74, 6) is 2.29. The van der Waals surface area contributed by atoms with E-state index in [2.05, 4.69) is 10.5 Å². The third kappa shape index (κ3) is 3.44. The molecule has 8 heteroatoms. The molecule has 0 atom stereocenters. The first-order chi connectivity index (χ1) is 13.7. The molecule has 1 amide bonds. The number of ether oxygens (including phenoxy) is 4. The van der Waals surface area contributed by atoms with Crippen LogP contribution in [0.5, 0.6) is 23.0 Å². The lowest BCUT2D eigenvalue weighted by Gasteiger charge is -2.07. The van der Waals surface area contributed by atoms with E-state index in [0.29, 0.717) is 35.2 Å². The molecule has 2 heterocycles. The predicted octanol–water partition coefficient (Wildman–Crippen LogP) is 3.02. The van der Waals surface area contributed by atoms with E-state index in [1.165, 1.54) is 0 Å². The lowest BCUT2D eigenvalue weighted by atomic mass is 10.1. The number of rotatable bonds is 6. The van der Waals surface area contributed by atoms with Gasteiger partial charge in [-0.05, 0) is 35.9 Å². The van der Waals surface area contributed by atoms with Crippen molar-refractivity contribution < 1.29 is 28.3 Å². The molecule has 1 N–H and O–H groups in total. The summed E-state index contributed by atoms with van der Waals surface area (Å²) in [6, 6.07) is 12.4. The number of aromatic nitrogens is 1. The van der Waals surface area contributed by atoms with Crippen LogP contribution in [0.1, 0.15) is 16.1 Å². The van der Waals surface area contributed by atoms with E-state index in [1.807, 2.05) is 24.3 Å². The van der Waals surface area contributed by atoms with E-state index in [4.69, 9.17) is 23.5 Å². The molecule has 0 fully saturated rings. The van der Waals surface area contributed by atoms with Gasteiger partial charge in [0.25, 0.3) is 5.91 Å². The van der Waals surface area contributed by atoms with Crippen molar-refractivity contribution in [3.8, 4) is 34.3 Å². The molecule has 1 aliphatic rings. The number of benzene rings is 2. The molecule has 0 bridgehead atoms. The van der Waals surface area contributed by atoms with Crippen LogP contribution in [0.3, 0.4) is 0 Å². The van der Waals surface area contributed by atoms with Gasteiger partial charge in [0, 0.05) is 18.2 Å². The van der Waals surface area contributed by atoms with E-state index in [0.717, 1.165) is 11.1 Å². The first-order valence-electron chi connectivity index (χ1n) is 8.54. The summed E-state index contributed by atoms with van der Waals surface area (Å²) in [6.07, 6.45) is 0. The molecular weight excluding hydrogens is 364 g/mol. The van der Waals surface area contributed by atoms with Crippen molar-refractivity contribution in [1.29, 1.82) is 0 Å². The van der Waals surface area contributed by atoms with Crippen LogP contribution in [-0.2, 0) is 6.54 Å². The lowest BCUT2D eigenvalue weighted by molar-refractivity contribution is 0.0914. The zero-order valence-electron chi connectivity index (χ0n) is 15.4. The summed E-state index contributed by atoms with van der Waals surface area (Å²) in [6.45, 7) is 0.532. The second-order valence-corrected chi connectivity index (χ2v) is 6.02. The minimum atomic E-state index is -0.364. The minimum Gasteiger partial charge on any atom is -0.493 e. The Morgan fingerprint density at radius 1 is 1.04 bits per heavy atom. The largest absolute Gasteiger partial charge is 0.493 e. The number of methoxy groups -OCH3 is 2. The molecular formula is C20H18N2O6. The number of nitrogens with zero attached hydrogens (tertiary/aromatic N) is 1. The van der Waals surface area contributed by atoms with Crippen molar-refractivity contribution in [3.05, 3.63) is 53.8 Å². The molecule has 0 saturated heterocycles. The van der Waals surface area contributed by atoms with Gasteiger partial charge in [-0.25, -0.2) is 0 Å². The number of fused-ring (bicyclic) bond motifs is 1. The minimum absolute atomic E-state index is 0.116. The smallest absolute Gasteiger partial charge is 0.290 e. The summed E-state index contributed by atoms with van der Waals surface area (Å²) in [4.78, 5) is 12.4. The van der Waals surface area contributed by atoms with Crippen molar-refractivity contribution >= 4 is 5.91 Å². The molecule has 1 aromatic heterocycles. The highest BCUT2D eigenvalue weighted by Crippen LogP contribution is 2.33. The zero-order valence-corrected chi connectivity index (χ0v) is 15.4. The number of carbonyl (C=O) groups is 1. The fourth-order valence-electron chi connectivity index (χ4n) is 2.83. The fourth-order valence-corrected chi connectivity index (χ4v) is 2.83. The van der Waals surface area contributed by atoms with Gasteiger partial charge in [-0.1, -0.05) is 11.2 Å². The molecule has 0 spiro atoms. The molecule has 144 valence electrons. The number of carbonyl (C=O) groups excluding carboxylic acids is 1. The summed E-state index contributed by atoms with van der Waals surface area (Å²) >= 11 is 0. The Morgan fingerprint density at radius 3 is 2.68 bits per heavy atom. The van der Waals surface area contributed by atoms with Crippen LogP contribution in [-0.4, -0.2) is 32.1 Å². The van der Waals surface area contributed by atoms with Gasteiger partial charge < -0.3 is 28.8 Å². The van der Waals surface area contributed by atoms with Gasteiger partial charge in [-0.2, -0.15) is 0 Å². The van der Waals surface area contributed by atoms with Gasteiger partial charge in [0.2, 0.25) is 12.6 Å². The van der Waals surface area contributed by atoms with Crippen LogP contribution in [0.25, 0.3) is 11.3 Å². The molecule has 3 aromatic rings. The molecule has 0 unspecified atom stereocenters. The highest BCUT2D eigenvalue weighted by atomic mass is 16.7. The Morgan fingerprint density at radius 2 is 1.86 bits per heavy atom. The average molecular weight is 382 g/mol. The highest BCUT2D eigenvalue weighted by Gasteiger charge is 2.17. The Kier molecular flexibility index (Phi) is 4.76. The summed E-state index contributed by atoms with van der Waals surface area (Å²) in [5, 5.41) is 6.77. The quantitative estimate of drug-likeness (QED) is 0.700. The Bertz CT molecular complexity index is 1010. The van der Waals surface area contributed by atoms with Crippen molar-refractivity contribution in [2.75, 3.05) is 21.0 Å². The van der Waals surface area contributed by atoms with Crippen LogP contribution < -0.4 is 24.3 Å². The Balaban J connectivity index is 1.44. The lowest BCUT2D eigenvalue weighted by Crippen LogP contribution is -2.22. The number of nitrogens with one attached hydrogen (secondary N) is 1. The molecule has 1 aliphatic heterocycles. The normalized spacial score (nSPS) is 11.9. The van der Waals surface area contributed by atoms with Crippen LogP contribution in [0.2, 0.25) is 0 Å². The second kappa shape index (κ2) is 7.51. The third-order valence-electron chi connectivity index (χ3n) is 4.30. The van der Waals surface area contributed by atoms with Crippen molar-refractivity contribution in [3.63, 3.8) is 0 Å². The van der Waals surface area contributed by atoms with Crippen LogP contribution in [0.15, 0.2) is 47.0 Å². The predicted molar refractivity (Wildman–Crippen MR) is 98.8 cm³/mol. The molecule has 0 radical (unpaired) electrons. The van der Waals surface area contributed by atoms with E-state index < -0.39 is 0 Å². The van der Waals surface area contributed by atoms with Gasteiger partial charge in [0.1, 0.15) is 5.69 Å². The van der Waals surface area contributed by atoms with Crippen LogP contribution in [0, 0.1) is 0 Å². The monoisotopic (exact) mass is 382 g/mol. The maximum atomic E-state index is 12.4. The SMILES string of the molecule is COc1ccc(-c2cc(C(=O)NCc3ccc4c(c3)OCO4)on2)cc1OC. The topological polar surface area (TPSA) is 92.1 Å². The molecule has 8 nitrogen and oxygen atoms in total. The number of hydrogen-bond acceptors (Lipinski definition) is 7. The molecule has 0 saturated carbocycles. The number of hydrogen-bond donors (Lipinski definition) is 1. The van der Waals surface area contributed by atoms with Crippen molar-refractivity contribution in [2.24, 2.45) is 0 Å². The van der Waals surface area contributed by atoms with Crippen LogP contribution in [0.4, 0.5) is 0 Å². The summed E-state index contributed by atoms with van der Waals surface area (Å²) in [7, 11) is 3.12.